The van der Waals surface area contributed by atoms with Gasteiger partial charge in [-0.2, -0.15) is 0 Å². The molecular weight excluding hydrogens is 220 g/mol. The molecule has 1 N–H and O–H groups in total. The quantitative estimate of drug-likeness (QED) is 0.878. The van der Waals surface area contributed by atoms with Crippen LogP contribution in [0.2, 0.25) is 0 Å². The Morgan fingerprint density at radius 3 is 2.83 bits per heavy atom. The summed E-state index contributed by atoms with van der Waals surface area (Å²) in [6.45, 7) is 7.97. The summed E-state index contributed by atoms with van der Waals surface area (Å²) in [6, 6.07) is 7.93. The fraction of sp³-hybridized carbons (Fsp3) is 0.625. The lowest BCUT2D eigenvalue weighted by atomic mass is 9.97. The molecule has 0 radical (unpaired) electrons. The van der Waals surface area contributed by atoms with Gasteiger partial charge in [0.15, 0.2) is 0 Å². The third kappa shape index (κ3) is 2.86. The smallest absolute Gasteiger partial charge is 0.0404 e. The summed E-state index contributed by atoms with van der Waals surface area (Å²) in [7, 11) is 2.23. The van der Waals surface area contributed by atoms with Crippen molar-refractivity contribution in [3.63, 3.8) is 0 Å². The second-order valence-electron chi connectivity index (χ2n) is 5.66. The molecule has 0 aromatic heterocycles. The zero-order chi connectivity index (χ0) is 13.1. The van der Waals surface area contributed by atoms with Crippen LogP contribution in [0.1, 0.15) is 37.8 Å². The molecule has 0 bridgehead atoms. The summed E-state index contributed by atoms with van der Waals surface area (Å²) in [5.41, 5.74) is 4.20. The molecule has 1 aliphatic rings. The minimum atomic E-state index is 0.627. The summed E-state index contributed by atoms with van der Waals surface area (Å²) < 4.78 is 0. The number of para-hydroxylation sites is 1. The van der Waals surface area contributed by atoms with Gasteiger partial charge in [-0.05, 0) is 51.3 Å². The molecule has 1 fully saturated rings. The Balaban J connectivity index is 2.10. The van der Waals surface area contributed by atoms with Gasteiger partial charge in [-0.3, -0.25) is 0 Å². The van der Waals surface area contributed by atoms with Crippen molar-refractivity contribution in [1.82, 2.24) is 4.90 Å². The van der Waals surface area contributed by atoms with Crippen LogP contribution < -0.4 is 5.32 Å². The lowest BCUT2D eigenvalue weighted by Gasteiger charge is -2.36. The molecule has 1 heterocycles. The third-order valence-electron chi connectivity index (χ3n) is 4.30. The maximum Gasteiger partial charge on any atom is 0.0404 e. The predicted molar refractivity (Wildman–Crippen MR) is 79.3 cm³/mol. The molecule has 0 saturated carbocycles. The number of rotatable bonds is 3. The van der Waals surface area contributed by atoms with Crippen LogP contribution >= 0.6 is 0 Å². The molecule has 1 aliphatic heterocycles. The average molecular weight is 246 g/mol. The Morgan fingerprint density at radius 2 is 2.17 bits per heavy atom. The molecule has 1 saturated heterocycles. The highest BCUT2D eigenvalue weighted by Crippen LogP contribution is 2.25. The van der Waals surface area contributed by atoms with Gasteiger partial charge in [0.2, 0.25) is 0 Å². The highest BCUT2D eigenvalue weighted by Gasteiger charge is 2.23. The monoisotopic (exact) mass is 246 g/mol. The van der Waals surface area contributed by atoms with Crippen LogP contribution in [-0.2, 0) is 6.42 Å². The Hall–Kier alpha value is -1.02. The first-order valence-electron chi connectivity index (χ1n) is 7.17. The van der Waals surface area contributed by atoms with Gasteiger partial charge < -0.3 is 10.2 Å². The zero-order valence-corrected chi connectivity index (χ0v) is 12.2. The zero-order valence-electron chi connectivity index (χ0n) is 12.2. The second kappa shape index (κ2) is 5.75. The van der Waals surface area contributed by atoms with E-state index in [2.05, 4.69) is 56.2 Å². The van der Waals surface area contributed by atoms with Crippen LogP contribution in [0.4, 0.5) is 5.69 Å². The number of hydrogen-bond acceptors (Lipinski definition) is 2. The molecule has 2 nitrogen and oxygen atoms in total. The number of anilines is 1. The van der Waals surface area contributed by atoms with E-state index in [0.717, 1.165) is 6.42 Å². The number of likely N-dealkylation sites (tertiary alicyclic amines) is 1. The second-order valence-corrected chi connectivity index (χ2v) is 5.66. The fourth-order valence-corrected chi connectivity index (χ4v) is 2.85. The molecule has 100 valence electrons. The largest absolute Gasteiger partial charge is 0.382 e. The highest BCUT2D eigenvalue weighted by molar-refractivity contribution is 5.57. The van der Waals surface area contributed by atoms with Crippen molar-refractivity contribution in [2.24, 2.45) is 0 Å². The Morgan fingerprint density at radius 1 is 1.39 bits per heavy atom. The van der Waals surface area contributed by atoms with Crippen molar-refractivity contribution in [2.75, 3.05) is 18.9 Å². The summed E-state index contributed by atoms with van der Waals surface area (Å²) in [6.07, 6.45) is 3.60. The summed E-state index contributed by atoms with van der Waals surface area (Å²) >= 11 is 0. The van der Waals surface area contributed by atoms with Crippen molar-refractivity contribution < 1.29 is 0 Å². The Labute approximate surface area is 111 Å². The molecule has 2 rings (SSSR count). The van der Waals surface area contributed by atoms with E-state index in [-0.39, 0.29) is 0 Å². The van der Waals surface area contributed by atoms with E-state index in [4.69, 9.17) is 0 Å². The van der Waals surface area contributed by atoms with Gasteiger partial charge in [-0.1, -0.05) is 25.1 Å². The molecule has 0 spiro atoms. The van der Waals surface area contributed by atoms with Gasteiger partial charge in [0.1, 0.15) is 0 Å². The molecule has 2 unspecified atom stereocenters. The molecule has 0 aliphatic carbocycles. The number of benzene rings is 1. The van der Waals surface area contributed by atoms with Gasteiger partial charge in [0, 0.05) is 24.3 Å². The molecule has 18 heavy (non-hydrogen) atoms. The van der Waals surface area contributed by atoms with Crippen molar-refractivity contribution in [1.29, 1.82) is 0 Å². The predicted octanol–water partition coefficient (Wildman–Crippen LogP) is 3.45. The lowest BCUT2D eigenvalue weighted by molar-refractivity contribution is 0.190. The third-order valence-corrected chi connectivity index (χ3v) is 4.30. The van der Waals surface area contributed by atoms with E-state index in [1.54, 1.807) is 0 Å². The van der Waals surface area contributed by atoms with Gasteiger partial charge in [0.05, 0.1) is 0 Å². The molecule has 2 atom stereocenters. The van der Waals surface area contributed by atoms with E-state index in [0.29, 0.717) is 12.1 Å². The van der Waals surface area contributed by atoms with E-state index in [9.17, 15) is 0 Å². The van der Waals surface area contributed by atoms with Gasteiger partial charge in [-0.25, -0.2) is 0 Å². The average Bonchev–Trinajstić information content (AvgIpc) is 2.36. The SMILES string of the molecule is CCc1cccc(C)c1NC1CCN(C)C(C)C1. The fourth-order valence-electron chi connectivity index (χ4n) is 2.85. The van der Waals surface area contributed by atoms with Crippen molar-refractivity contribution >= 4 is 5.69 Å². The van der Waals surface area contributed by atoms with Gasteiger partial charge in [-0.15, -0.1) is 0 Å². The first-order chi connectivity index (χ1) is 8.61. The topological polar surface area (TPSA) is 15.3 Å². The summed E-state index contributed by atoms with van der Waals surface area (Å²) in [5, 5.41) is 3.79. The van der Waals surface area contributed by atoms with Crippen molar-refractivity contribution in [3.8, 4) is 0 Å². The molecule has 0 amide bonds. The van der Waals surface area contributed by atoms with E-state index >= 15 is 0 Å². The van der Waals surface area contributed by atoms with Crippen LogP contribution in [0.5, 0.6) is 0 Å². The van der Waals surface area contributed by atoms with Gasteiger partial charge in [0.25, 0.3) is 0 Å². The van der Waals surface area contributed by atoms with E-state index in [1.165, 1.54) is 36.2 Å². The van der Waals surface area contributed by atoms with Crippen LogP contribution in [0, 0.1) is 6.92 Å². The Bertz CT molecular complexity index is 400. The number of nitrogens with zero attached hydrogens (tertiary/aromatic N) is 1. The molecule has 1 aromatic carbocycles. The molecule has 1 aromatic rings. The van der Waals surface area contributed by atoms with Crippen LogP contribution in [0.3, 0.4) is 0 Å². The number of aryl methyl sites for hydroxylation is 2. The van der Waals surface area contributed by atoms with Crippen molar-refractivity contribution in [3.05, 3.63) is 29.3 Å². The first kappa shape index (κ1) is 13.4. The first-order valence-corrected chi connectivity index (χ1v) is 7.17. The standard InChI is InChI=1S/C16H26N2/c1-5-14-8-6-7-12(2)16(14)17-15-9-10-18(4)13(3)11-15/h6-8,13,15,17H,5,9-11H2,1-4H3. The number of hydrogen-bond donors (Lipinski definition) is 1. The molecule has 2 heteroatoms. The van der Waals surface area contributed by atoms with Crippen LogP contribution in [0.15, 0.2) is 18.2 Å². The number of nitrogens with one attached hydrogen (secondary N) is 1. The van der Waals surface area contributed by atoms with Crippen LogP contribution in [-0.4, -0.2) is 30.6 Å². The number of piperidine rings is 1. The normalized spacial score (nSPS) is 25.1. The van der Waals surface area contributed by atoms with E-state index < -0.39 is 0 Å². The minimum Gasteiger partial charge on any atom is -0.382 e. The Kier molecular flexibility index (Phi) is 4.28. The maximum atomic E-state index is 3.79. The van der Waals surface area contributed by atoms with Gasteiger partial charge >= 0.3 is 0 Å². The van der Waals surface area contributed by atoms with Crippen LogP contribution in [0.25, 0.3) is 0 Å². The lowest BCUT2D eigenvalue weighted by Crippen LogP contribution is -2.42. The van der Waals surface area contributed by atoms with E-state index in [1.807, 2.05) is 0 Å². The molecular formula is C16H26N2. The summed E-state index contributed by atoms with van der Waals surface area (Å²) in [5.74, 6) is 0. The maximum absolute atomic E-state index is 3.79. The van der Waals surface area contributed by atoms with Crippen molar-refractivity contribution in [2.45, 2.75) is 52.1 Å². The summed E-state index contributed by atoms with van der Waals surface area (Å²) in [4.78, 5) is 2.46. The minimum absolute atomic E-state index is 0.627. The highest BCUT2D eigenvalue weighted by atomic mass is 15.1.